The topological polar surface area (TPSA) is 104 Å². The van der Waals surface area contributed by atoms with E-state index < -0.39 is 0 Å². The van der Waals surface area contributed by atoms with Crippen LogP contribution in [0.5, 0.6) is 0 Å². The zero-order chi connectivity index (χ0) is 21.3. The molecule has 156 valence electrons. The van der Waals surface area contributed by atoms with E-state index in [1.807, 2.05) is 50.8 Å². The number of aryl methyl sites for hydroxylation is 2. The Morgan fingerprint density at radius 2 is 2.10 bits per heavy atom. The van der Waals surface area contributed by atoms with Crippen LogP contribution in [0.1, 0.15) is 20.9 Å². The molecular weight excluding hydrogens is 400 g/mol. The number of aromatic nitrogens is 5. The van der Waals surface area contributed by atoms with Gasteiger partial charge in [0.15, 0.2) is 10.9 Å². The van der Waals surface area contributed by atoms with Gasteiger partial charge in [0.25, 0.3) is 5.91 Å². The molecule has 0 atom stereocenters. The van der Waals surface area contributed by atoms with Crippen molar-refractivity contribution in [2.75, 3.05) is 31.3 Å². The number of fused-ring (bicyclic) bond motifs is 1. The summed E-state index contributed by atoms with van der Waals surface area (Å²) in [5.74, 6) is 0.511. The smallest absolute Gasteiger partial charge is 0.267 e. The van der Waals surface area contributed by atoms with Gasteiger partial charge in [-0.1, -0.05) is 17.4 Å². The second kappa shape index (κ2) is 8.25. The third-order valence-corrected chi connectivity index (χ3v) is 5.69. The molecule has 4 rings (SSSR count). The van der Waals surface area contributed by atoms with Crippen LogP contribution in [-0.2, 0) is 6.54 Å². The zero-order valence-corrected chi connectivity index (χ0v) is 18.2. The summed E-state index contributed by atoms with van der Waals surface area (Å²) >= 11 is 1.29. The average Bonchev–Trinajstić information content (AvgIpc) is 3.42. The van der Waals surface area contributed by atoms with E-state index in [-0.39, 0.29) is 5.91 Å². The first-order valence-electron chi connectivity index (χ1n) is 9.57. The number of thiazole rings is 1. The van der Waals surface area contributed by atoms with Crippen molar-refractivity contribution in [3.63, 3.8) is 0 Å². The van der Waals surface area contributed by atoms with E-state index in [0.717, 1.165) is 40.9 Å². The summed E-state index contributed by atoms with van der Waals surface area (Å²) in [6.45, 7) is 5.70. The van der Waals surface area contributed by atoms with Gasteiger partial charge in [0.05, 0.1) is 30.1 Å². The van der Waals surface area contributed by atoms with Crippen LogP contribution in [-0.4, -0.2) is 56.4 Å². The number of likely N-dealkylation sites (N-methyl/N-ethyl adjacent to an activating group) is 1. The van der Waals surface area contributed by atoms with Gasteiger partial charge in [-0.05, 0) is 39.6 Å². The number of benzene rings is 1. The minimum Gasteiger partial charge on any atom is -0.320 e. The second-order valence-electron chi connectivity index (χ2n) is 7.39. The maximum atomic E-state index is 12.8. The second-order valence-corrected chi connectivity index (χ2v) is 8.43. The van der Waals surface area contributed by atoms with E-state index in [2.05, 4.69) is 35.8 Å². The number of rotatable bonds is 7. The number of anilines is 3. The average molecular weight is 425 g/mol. The molecule has 0 aliphatic heterocycles. The van der Waals surface area contributed by atoms with Crippen molar-refractivity contribution in [3.8, 4) is 0 Å². The maximum Gasteiger partial charge on any atom is 0.267 e. The molecule has 1 amide bonds. The van der Waals surface area contributed by atoms with Gasteiger partial charge in [0.2, 0.25) is 0 Å². The van der Waals surface area contributed by atoms with Crippen LogP contribution in [0, 0.1) is 13.8 Å². The lowest BCUT2D eigenvalue weighted by Gasteiger charge is -2.10. The van der Waals surface area contributed by atoms with Crippen LogP contribution in [0.25, 0.3) is 10.9 Å². The fraction of sp³-hybridized carbons (Fsp3) is 0.300. The number of H-pyrrole nitrogens is 1. The molecule has 9 nitrogen and oxygen atoms in total. The Hall–Kier alpha value is -3.24. The van der Waals surface area contributed by atoms with Crippen LogP contribution >= 0.6 is 11.3 Å². The van der Waals surface area contributed by atoms with Gasteiger partial charge in [-0.2, -0.15) is 10.2 Å². The molecule has 0 saturated carbocycles. The molecule has 3 N–H and O–H groups in total. The lowest BCUT2D eigenvalue weighted by Crippen LogP contribution is -2.19. The zero-order valence-electron chi connectivity index (χ0n) is 17.4. The standard InChI is InChI=1S/C20H24N8OS/c1-12-5-6-15-14(10-22-25-15)18(12)24-19(29)16-11-21-20(30-16)23-17-9-13(2)28(26-17)8-7-27(3)4/h5-6,9-11H,7-8H2,1-4H3,(H,22,25)(H,24,29)(H,21,23,26). The van der Waals surface area contributed by atoms with E-state index in [1.54, 1.807) is 12.4 Å². The van der Waals surface area contributed by atoms with Gasteiger partial charge in [-0.25, -0.2) is 4.98 Å². The summed E-state index contributed by atoms with van der Waals surface area (Å²) in [6.07, 6.45) is 3.29. The Bertz CT molecular complexity index is 1190. The molecule has 3 aromatic heterocycles. The fourth-order valence-corrected chi connectivity index (χ4v) is 3.82. The molecule has 0 spiro atoms. The number of amides is 1. The Labute approximate surface area is 178 Å². The van der Waals surface area contributed by atoms with Gasteiger partial charge < -0.3 is 15.5 Å². The van der Waals surface area contributed by atoms with Crippen LogP contribution in [0.2, 0.25) is 0 Å². The fourth-order valence-electron chi connectivity index (χ4n) is 3.11. The summed E-state index contributed by atoms with van der Waals surface area (Å²) in [4.78, 5) is 19.7. The summed E-state index contributed by atoms with van der Waals surface area (Å²) in [5, 5.41) is 19.2. The number of hydrogen-bond donors (Lipinski definition) is 3. The largest absolute Gasteiger partial charge is 0.320 e. The highest BCUT2D eigenvalue weighted by molar-refractivity contribution is 7.17. The van der Waals surface area contributed by atoms with E-state index in [0.29, 0.717) is 15.8 Å². The van der Waals surface area contributed by atoms with Crippen molar-refractivity contribution in [1.29, 1.82) is 0 Å². The van der Waals surface area contributed by atoms with Gasteiger partial charge >= 0.3 is 0 Å². The van der Waals surface area contributed by atoms with Gasteiger partial charge in [0.1, 0.15) is 4.88 Å². The molecule has 1 aromatic carbocycles. The van der Waals surface area contributed by atoms with Crippen molar-refractivity contribution in [1.82, 2.24) is 29.9 Å². The number of aromatic amines is 1. The molecule has 0 aliphatic rings. The molecule has 4 aromatic rings. The first-order valence-corrected chi connectivity index (χ1v) is 10.4. The number of hydrogen-bond acceptors (Lipinski definition) is 7. The lowest BCUT2D eigenvalue weighted by molar-refractivity contribution is 0.103. The predicted octanol–water partition coefficient (Wildman–Crippen LogP) is 3.39. The Balaban J connectivity index is 1.46. The molecule has 10 heteroatoms. The van der Waals surface area contributed by atoms with Gasteiger partial charge in [0, 0.05) is 23.7 Å². The monoisotopic (exact) mass is 424 g/mol. The first-order chi connectivity index (χ1) is 14.4. The summed E-state index contributed by atoms with van der Waals surface area (Å²) in [7, 11) is 4.07. The highest BCUT2D eigenvalue weighted by Gasteiger charge is 2.15. The van der Waals surface area contributed by atoms with Crippen LogP contribution < -0.4 is 10.6 Å². The minimum atomic E-state index is -0.204. The third kappa shape index (κ3) is 4.19. The van der Waals surface area contributed by atoms with E-state index >= 15 is 0 Å². The van der Waals surface area contributed by atoms with Crippen molar-refractivity contribution >= 4 is 44.8 Å². The molecule has 30 heavy (non-hydrogen) atoms. The Kier molecular flexibility index (Phi) is 5.51. The van der Waals surface area contributed by atoms with Crippen molar-refractivity contribution in [2.45, 2.75) is 20.4 Å². The van der Waals surface area contributed by atoms with Crippen molar-refractivity contribution in [3.05, 3.63) is 46.7 Å². The Morgan fingerprint density at radius 1 is 1.27 bits per heavy atom. The summed E-state index contributed by atoms with van der Waals surface area (Å²) in [6, 6.07) is 5.87. The minimum absolute atomic E-state index is 0.204. The molecule has 0 bridgehead atoms. The quantitative estimate of drug-likeness (QED) is 0.420. The molecule has 0 saturated heterocycles. The van der Waals surface area contributed by atoms with Crippen LogP contribution in [0.15, 0.2) is 30.6 Å². The normalized spacial score (nSPS) is 11.4. The SMILES string of the molecule is Cc1ccc2[nH]ncc2c1NC(=O)c1cnc(Nc2cc(C)n(CCN(C)C)n2)s1. The van der Waals surface area contributed by atoms with Crippen LogP contribution in [0.3, 0.4) is 0 Å². The number of nitrogens with one attached hydrogen (secondary N) is 3. The predicted molar refractivity (Wildman–Crippen MR) is 120 cm³/mol. The highest BCUT2D eigenvalue weighted by Crippen LogP contribution is 2.28. The van der Waals surface area contributed by atoms with Crippen LogP contribution in [0.4, 0.5) is 16.6 Å². The van der Waals surface area contributed by atoms with Crippen molar-refractivity contribution in [2.24, 2.45) is 0 Å². The maximum absolute atomic E-state index is 12.8. The molecule has 0 unspecified atom stereocenters. The molecule has 3 heterocycles. The molecule has 0 aliphatic carbocycles. The van der Waals surface area contributed by atoms with Crippen molar-refractivity contribution < 1.29 is 4.79 Å². The van der Waals surface area contributed by atoms with E-state index in [9.17, 15) is 4.79 Å². The van der Waals surface area contributed by atoms with E-state index in [1.165, 1.54) is 11.3 Å². The first kappa shape index (κ1) is 20.0. The molecular formula is C20H24N8OS. The lowest BCUT2D eigenvalue weighted by atomic mass is 10.1. The Morgan fingerprint density at radius 3 is 2.90 bits per heavy atom. The number of carbonyl (C=O) groups excluding carboxylic acids is 1. The highest BCUT2D eigenvalue weighted by atomic mass is 32.1. The van der Waals surface area contributed by atoms with Gasteiger partial charge in [-0.3, -0.25) is 14.6 Å². The summed E-state index contributed by atoms with van der Waals surface area (Å²) < 4.78 is 1.96. The number of nitrogens with zero attached hydrogens (tertiary/aromatic N) is 5. The molecule has 0 radical (unpaired) electrons. The van der Waals surface area contributed by atoms with Gasteiger partial charge in [-0.15, -0.1) is 0 Å². The molecule has 0 fully saturated rings. The van der Waals surface area contributed by atoms with E-state index in [4.69, 9.17) is 0 Å². The summed E-state index contributed by atoms with van der Waals surface area (Å²) in [5.41, 5.74) is 3.67. The third-order valence-electron chi connectivity index (χ3n) is 4.78. The number of carbonyl (C=O) groups is 1.